The van der Waals surface area contributed by atoms with Crippen LogP contribution in [-0.4, -0.2) is 31.1 Å². The van der Waals surface area contributed by atoms with E-state index in [9.17, 15) is 0 Å². The van der Waals surface area contributed by atoms with Crippen molar-refractivity contribution in [3.05, 3.63) is 20.8 Å². The molecule has 17 heavy (non-hydrogen) atoms. The molecule has 0 aliphatic carbocycles. The van der Waals surface area contributed by atoms with E-state index in [2.05, 4.69) is 45.2 Å². The van der Waals surface area contributed by atoms with Gasteiger partial charge < -0.3 is 5.32 Å². The average molecular weight is 317 g/mol. The lowest BCUT2D eigenvalue weighted by Crippen LogP contribution is -2.37. The zero-order valence-corrected chi connectivity index (χ0v) is 12.8. The van der Waals surface area contributed by atoms with Crippen LogP contribution >= 0.6 is 27.3 Å². The number of piperidine rings is 1. The molecule has 1 atom stereocenters. The van der Waals surface area contributed by atoms with Crippen LogP contribution in [0.1, 0.15) is 24.6 Å². The molecule has 0 radical (unpaired) electrons. The zero-order valence-electron chi connectivity index (χ0n) is 10.4. The lowest BCUT2D eigenvalue weighted by molar-refractivity contribution is 0.211. The normalized spacial score (nSPS) is 21.0. The van der Waals surface area contributed by atoms with Crippen LogP contribution < -0.4 is 5.32 Å². The van der Waals surface area contributed by atoms with E-state index in [-0.39, 0.29) is 0 Å². The number of nitrogens with zero attached hydrogens (tertiary/aromatic N) is 1. The quantitative estimate of drug-likeness (QED) is 0.896. The van der Waals surface area contributed by atoms with Crippen molar-refractivity contribution in [3.63, 3.8) is 0 Å². The van der Waals surface area contributed by atoms with E-state index in [1.165, 1.54) is 41.1 Å². The van der Waals surface area contributed by atoms with Gasteiger partial charge >= 0.3 is 0 Å². The van der Waals surface area contributed by atoms with Gasteiger partial charge in [0.15, 0.2) is 0 Å². The molecule has 1 fully saturated rings. The summed E-state index contributed by atoms with van der Waals surface area (Å²) in [4.78, 5) is 4.03. The van der Waals surface area contributed by atoms with Crippen LogP contribution in [0, 0.1) is 5.92 Å². The Morgan fingerprint density at radius 2 is 2.41 bits per heavy atom. The number of hydrogen-bond donors (Lipinski definition) is 1. The molecule has 1 aromatic rings. The molecule has 1 unspecified atom stereocenters. The maximum absolute atomic E-state index is 3.53. The summed E-state index contributed by atoms with van der Waals surface area (Å²) in [5.41, 5.74) is 0. The molecular weight excluding hydrogens is 296 g/mol. The summed E-state index contributed by atoms with van der Waals surface area (Å²) in [5.74, 6) is 0.840. The van der Waals surface area contributed by atoms with Crippen molar-refractivity contribution in [2.45, 2.75) is 26.3 Å². The van der Waals surface area contributed by atoms with Gasteiger partial charge in [0, 0.05) is 18.0 Å². The van der Waals surface area contributed by atoms with Crippen LogP contribution in [0.3, 0.4) is 0 Å². The third kappa shape index (κ3) is 4.36. The van der Waals surface area contributed by atoms with Gasteiger partial charge in [0.25, 0.3) is 0 Å². The number of rotatable bonds is 5. The van der Waals surface area contributed by atoms with E-state index in [1.807, 2.05) is 11.3 Å². The van der Waals surface area contributed by atoms with E-state index >= 15 is 0 Å². The highest BCUT2D eigenvalue weighted by Crippen LogP contribution is 2.24. The Labute approximate surface area is 117 Å². The average Bonchev–Trinajstić information content (AvgIpc) is 2.75. The van der Waals surface area contributed by atoms with Crippen molar-refractivity contribution in [1.29, 1.82) is 0 Å². The maximum Gasteiger partial charge on any atom is 0.0701 e. The van der Waals surface area contributed by atoms with Crippen LogP contribution in [-0.2, 0) is 6.54 Å². The molecule has 2 rings (SSSR count). The second-order valence-electron chi connectivity index (χ2n) is 4.75. The second kappa shape index (κ2) is 6.88. The monoisotopic (exact) mass is 316 g/mol. The Bertz CT molecular complexity index is 334. The molecule has 1 N–H and O–H groups in total. The molecule has 0 spiro atoms. The molecule has 2 nitrogen and oxygen atoms in total. The molecule has 0 bridgehead atoms. The third-order valence-corrected chi connectivity index (χ3v) is 4.98. The van der Waals surface area contributed by atoms with Crippen LogP contribution in [0.5, 0.6) is 0 Å². The summed E-state index contributed by atoms with van der Waals surface area (Å²) in [5, 5.41) is 3.50. The Balaban J connectivity index is 1.83. The first kappa shape index (κ1) is 13.5. The van der Waals surface area contributed by atoms with Crippen molar-refractivity contribution < 1.29 is 0 Å². The standard InChI is InChI=1S/C13H21BrN2S/c1-2-16(9-11-4-3-7-15-8-11)10-12-5-6-13(14)17-12/h5-6,11,15H,2-4,7-10H2,1H3. The largest absolute Gasteiger partial charge is 0.316 e. The third-order valence-electron chi connectivity index (χ3n) is 3.37. The van der Waals surface area contributed by atoms with Crippen molar-refractivity contribution >= 4 is 27.3 Å². The smallest absolute Gasteiger partial charge is 0.0701 e. The number of hydrogen-bond acceptors (Lipinski definition) is 3. The molecular formula is C13H21BrN2S. The van der Waals surface area contributed by atoms with E-state index in [0.717, 1.165) is 19.0 Å². The van der Waals surface area contributed by atoms with Crippen molar-refractivity contribution in [3.8, 4) is 0 Å². The minimum Gasteiger partial charge on any atom is -0.316 e. The fourth-order valence-corrected chi connectivity index (χ4v) is 3.93. The summed E-state index contributed by atoms with van der Waals surface area (Å²) >= 11 is 5.39. The van der Waals surface area contributed by atoms with Crippen molar-refractivity contribution in [1.82, 2.24) is 10.2 Å². The second-order valence-corrected chi connectivity index (χ2v) is 7.29. The van der Waals surface area contributed by atoms with Crippen LogP contribution in [0.25, 0.3) is 0 Å². The Kier molecular flexibility index (Phi) is 5.48. The van der Waals surface area contributed by atoms with E-state index in [1.54, 1.807) is 0 Å². The first-order valence-corrected chi connectivity index (χ1v) is 8.06. The molecule has 0 saturated carbocycles. The Hall–Kier alpha value is 0.1000. The van der Waals surface area contributed by atoms with Gasteiger partial charge in [-0.3, -0.25) is 4.90 Å². The molecule has 0 aromatic carbocycles. The molecule has 1 saturated heterocycles. The molecule has 96 valence electrons. The van der Waals surface area contributed by atoms with E-state index in [4.69, 9.17) is 0 Å². The number of nitrogens with one attached hydrogen (secondary N) is 1. The summed E-state index contributed by atoms with van der Waals surface area (Å²) < 4.78 is 1.24. The van der Waals surface area contributed by atoms with Gasteiger partial charge in [-0.15, -0.1) is 11.3 Å². The molecule has 2 heterocycles. The first-order chi connectivity index (χ1) is 8.28. The summed E-state index contributed by atoms with van der Waals surface area (Å²) in [7, 11) is 0. The first-order valence-electron chi connectivity index (χ1n) is 6.45. The molecule has 4 heteroatoms. The summed E-state index contributed by atoms with van der Waals surface area (Å²) in [6.07, 6.45) is 2.73. The summed E-state index contributed by atoms with van der Waals surface area (Å²) in [6, 6.07) is 4.38. The fraction of sp³-hybridized carbons (Fsp3) is 0.692. The number of thiophene rings is 1. The highest BCUT2D eigenvalue weighted by atomic mass is 79.9. The predicted octanol–water partition coefficient (Wildman–Crippen LogP) is 3.33. The van der Waals surface area contributed by atoms with Gasteiger partial charge in [-0.25, -0.2) is 0 Å². The SMILES string of the molecule is CCN(Cc1ccc(Br)s1)CC1CCCNC1. The van der Waals surface area contributed by atoms with Gasteiger partial charge in [-0.05, 0) is 66.5 Å². The van der Waals surface area contributed by atoms with Gasteiger partial charge in [-0.2, -0.15) is 0 Å². The topological polar surface area (TPSA) is 15.3 Å². The van der Waals surface area contributed by atoms with Crippen LogP contribution in [0.2, 0.25) is 0 Å². The van der Waals surface area contributed by atoms with Gasteiger partial charge in [-0.1, -0.05) is 6.92 Å². The molecule has 0 amide bonds. The summed E-state index contributed by atoms with van der Waals surface area (Å²) in [6.45, 7) is 8.15. The zero-order chi connectivity index (χ0) is 12.1. The van der Waals surface area contributed by atoms with Gasteiger partial charge in [0.2, 0.25) is 0 Å². The highest BCUT2D eigenvalue weighted by molar-refractivity contribution is 9.11. The minimum absolute atomic E-state index is 0.840. The van der Waals surface area contributed by atoms with Crippen LogP contribution in [0.4, 0.5) is 0 Å². The van der Waals surface area contributed by atoms with Crippen LogP contribution in [0.15, 0.2) is 15.9 Å². The molecule has 1 aliphatic rings. The highest BCUT2D eigenvalue weighted by Gasteiger charge is 2.16. The van der Waals surface area contributed by atoms with Gasteiger partial charge in [0.05, 0.1) is 3.79 Å². The van der Waals surface area contributed by atoms with Crippen molar-refractivity contribution in [2.75, 3.05) is 26.2 Å². The van der Waals surface area contributed by atoms with E-state index < -0.39 is 0 Å². The maximum atomic E-state index is 3.53. The Morgan fingerprint density at radius 3 is 3.00 bits per heavy atom. The van der Waals surface area contributed by atoms with Crippen molar-refractivity contribution in [2.24, 2.45) is 5.92 Å². The predicted molar refractivity (Wildman–Crippen MR) is 78.6 cm³/mol. The molecule has 1 aromatic heterocycles. The lowest BCUT2D eigenvalue weighted by Gasteiger charge is -2.29. The molecule has 1 aliphatic heterocycles. The minimum atomic E-state index is 0.840. The Morgan fingerprint density at radius 1 is 1.53 bits per heavy atom. The lowest BCUT2D eigenvalue weighted by atomic mass is 9.99. The number of halogens is 1. The van der Waals surface area contributed by atoms with E-state index in [0.29, 0.717) is 0 Å². The fourth-order valence-electron chi connectivity index (χ4n) is 2.41. The van der Waals surface area contributed by atoms with Gasteiger partial charge in [0.1, 0.15) is 0 Å².